The number of aromatic nitrogens is 4. The monoisotopic (exact) mass is 457 g/mol. The van der Waals surface area contributed by atoms with Crippen LogP contribution < -0.4 is 15.0 Å². The number of alkyl halides is 2. The largest absolute Gasteiger partial charge is 0.480 e. The quantitative estimate of drug-likeness (QED) is 0.598. The predicted octanol–water partition coefficient (Wildman–Crippen LogP) is 2.37. The van der Waals surface area contributed by atoms with Crippen molar-refractivity contribution < 1.29 is 18.6 Å². The number of anilines is 3. The number of aliphatic hydroxyl groups excluding tert-OH is 1. The van der Waals surface area contributed by atoms with Crippen molar-refractivity contribution in [2.75, 3.05) is 44.1 Å². The Labute approximate surface area is 189 Å². The van der Waals surface area contributed by atoms with E-state index < -0.39 is 31.5 Å². The van der Waals surface area contributed by atoms with E-state index in [-0.39, 0.29) is 5.95 Å². The summed E-state index contributed by atoms with van der Waals surface area (Å²) in [4.78, 5) is 21.6. The highest BCUT2D eigenvalue weighted by atomic mass is 19.3. The van der Waals surface area contributed by atoms with Gasteiger partial charge in [0.15, 0.2) is 5.82 Å². The van der Waals surface area contributed by atoms with E-state index in [1.165, 1.54) is 11.1 Å². The molecular formula is C22H25F2N7O2. The highest BCUT2D eigenvalue weighted by molar-refractivity contribution is 5.89. The van der Waals surface area contributed by atoms with Gasteiger partial charge in [0.2, 0.25) is 11.8 Å². The molecule has 0 bridgehead atoms. The van der Waals surface area contributed by atoms with Gasteiger partial charge in [-0.1, -0.05) is 0 Å². The zero-order chi connectivity index (χ0) is 23.2. The zero-order valence-corrected chi connectivity index (χ0v) is 18.4. The highest BCUT2D eigenvalue weighted by Crippen LogP contribution is 2.37. The van der Waals surface area contributed by atoms with Crippen molar-refractivity contribution in [2.24, 2.45) is 0 Å². The number of halogens is 2. The Balaban J connectivity index is 1.52. The number of pyridine rings is 2. The van der Waals surface area contributed by atoms with Crippen molar-refractivity contribution in [1.82, 2.24) is 24.8 Å². The molecule has 2 aliphatic heterocycles. The fraction of sp³-hybridized carbons (Fsp3) is 0.455. The minimum absolute atomic E-state index is 0.271. The van der Waals surface area contributed by atoms with E-state index in [0.29, 0.717) is 28.3 Å². The third-order valence-corrected chi connectivity index (χ3v) is 6.11. The standard InChI is InChI=1S/C22H25F2N7O2/c1-30-6-4-16-14(10-30)7-17(20(27-16)33-2)28-21-26-9-13-3-5-25-19(18(13)29-21)31-12-22(23,24)8-15(31)11-32/h3,5,7,9,15,32H,4,6,8,10-12H2,1-2H3,(H,26,28,29)/t15-/m0/s1. The number of hydrogen-bond acceptors (Lipinski definition) is 9. The fourth-order valence-electron chi connectivity index (χ4n) is 4.48. The van der Waals surface area contributed by atoms with Crippen LogP contribution in [-0.2, 0) is 13.0 Å². The van der Waals surface area contributed by atoms with Crippen LogP contribution in [0.4, 0.5) is 26.2 Å². The van der Waals surface area contributed by atoms with Gasteiger partial charge < -0.3 is 25.0 Å². The molecule has 3 aromatic heterocycles. The van der Waals surface area contributed by atoms with Crippen LogP contribution in [0, 0.1) is 0 Å². The number of hydrogen-bond donors (Lipinski definition) is 2. The van der Waals surface area contributed by atoms with Crippen molar-refractivity contribution in [3.63, 3.8) is 0 Å². The Hall–Kier alpha value is -3.18. The molecule has 0 saturated carbocycles. The van der Waals surface area contributed by atoms with Crippen LogP contribution in [0.5, 0.6) is 5.88 Å². The van der Waals surface area contributed by atoms with E-state index in [0.717, 1.165) is 30.8 Å². The number of methoxy groups -OCH3 is 1. The number of ether oxygens (including phenoxy) is 1. The lowest BCUT2D eigenvalue weighted by atomic mass is 10.1. The molecule has 1 fully saturated rings. The van der Waals surface area contributed by atoms with E-state index in [1.807, 2.05) is 6.07 Å². The normalized spacial score (nSPS) is 20.2. The summed E-state index contributed by atoms with van der Waals surface area (Å²) in [6, 6.07) is 2.98. The molecule has 5 rings (SSSR count). The second kappa shape index (κ2) is 8.31. The summed E-state index contributed by atoms with van der Waals surface area (Å²) in [5.41, 5.74) is 3.15. The molecule has 11 heteroatoms. The van der Waals surface area contributed by atoms with Gasteiger partial charge in [0.1, 0.15) is 11.2 Å². The van der Waals surface area contributed by atoms with Crippen LogP contribution in [0.1, 0.15) is 17.7 Å². The molecule has 33 heavy (non-hydrogen) atoms. The summed E-state index contributed by atoms with van der Waals surface area (Å²) in [5, 5.41) is 13.5. The number of nitrogens with zero attached hydrogens (tertiary/aromatic N) is 6. The number of aliphatic hydroxyl groups is 1. The Morgan fingerprint density at radius 3 is 2.94 bits per heavy atom. The van der Waals surface area contributed by atoms with Gasteiger partial charge in [0.25, 0.3) is 5.92 Å². The Bertz CT molecular complexity index is 1190. The average molecular weight is 457 g/mol. The third kappa shape index (κ3) is 4.13. The van der Waals surface area contributed by atoms with E-state index in [9.17, 15) is 13.9 Å². The molecule has 0 aliphatic carbocycles. The zero-order valence-electron chi connectivity index (χ0n) is 18.4. The molecule has 0 radical (unpaired) electrons. The van der Waals surface area contributed by atoms with Gasteiger partial charge in [-0.05, 0) is 24.7 Å². The lowest BCUT2D eigenvalue weighted by Gasteiger charge is -2.25. The minimum Gasteiger partial charge on any atom is -0.480 e. The second-order valence-corrected chi connectivity index (χ2v) is 8.55. The smallest absolute Gasteiger partial charge is 0.267 e. The lowest BCUT2D eigenvalue weighted by Crippen LogP contribution is -2.33. The Morgan fingerprint density at radius 2 is 2.15 bits per heavy atom. The van der Waals surface area contributed by atoms with Crippen molar-refractivity contribution in [2.45, 2.75) is 31.4 Å². The van der Waals surface area contributed by atoms with Gasteiger partial charge in [-0.25, -0.2) is 28.7 Å². The number of rotatable bonds is 5. The topological polar surface area (TPSA) is 99.5 Å². The highest BCUT2D eigenvalue weighted by Gasteiger charge is 2.45. The summed E-state index contributed by atoms with van der Waals surface area (Å²) < 4.78 is 33.6. The van der Waals surface area contributed by atoms with Gasteiger partial charge in [-0.15, -0.1) is 0 Å². The SMILES string of the molecule is COc1nc2c(cc1Nc1ncc3ccnc(N4CC(F)(F)C[C@H]4CO)c3n1)CN(C)CC2. The van der Waals surface area contributed by atoms with Crippen LogP contribution in [0.15, 0.2) is 24.5 Å². The summed E-state index contributed by atoms with van der Waals surface area (Å²) in [7, 11) is 3.61. The molecule has 0 aromatic carbocycles. The summed E-state index contributed by atoms with van der Waals surface area (Å²) >= 11 is 0. The average Bonchev–Trinajstić information content (AvgIpc) is 3.12. The molecular weight excluding hydrogens is 432 g/mol. The first-order valence-corrected chi connectivity index (χ1v) is 10.8. The molecule has 0 spiro atoms. The first-order valence-electron chi connectivity index (χ1n) is 10.8. The fourth-order valence-corrected chi connectivity index (χ4v) is 4.48. The van der Waals surface area contributed by atoms with E-state index in [1.54, 1.807) is 19.4 Å². The Morgan fingerprint density at radius 1 is 1.30 bits per heavy atom. The van der Waals surface area contributed by atoms with E-state index in [2.05, 4.69) is 37.2 Å². The third-order valence-electron chi connectivity index (χ3n) is 6.11. The molecule has 1 atom stereocenters. The molecule has 9 nitrogen and oxygen atoms in total. The first-order chi connectivity index (χ1) is 15.9. The van der Waals surface area contributed by atoms with Crippen molar-refractivity contribution in [3.8, 4) is 5.88 Å². The molecule has 2 N–H and O–H groups in total. The Kier molecular flexibility index (Phi) is 5.45. The van der Waals surface area contributed by atoms with Crippen LogP contribution in [0.25, 0.3) is 10.9 Å². The molecule has 0 unspecified atom stereocenters. The number of fused-ring (bicyclic) bond motifs is 2. The maximum absolute atomic E-state index is 14.1. The molecule has 174 valence electrons. The van der Waals surface area contributed by atoms with Gasteiger partial charge in [-0.2, -0.15) is 0 Å². The van der Waals surface area contributed by atoms with Crippen molar-refractivity contribution in [1.29, 1.82) is 0 Å². The van der Waals surface area contributed by atoms with Gasteiger partial charge >= 0.3 is 0 Å². The van der Waals surface area contributed by atoms with Crippen LogP contribution in [-0.4, -0.2) is 75.8 Å². The van der Waals surface area contributed by atoms with Crippen LogP contribution in [0.3, 0.4) is 0 Å². The van der Waals surface area contributed by atoms with Gasteiger partial charge in [0, 0.05) is 43.7 Å². The van der Waals surface area contributed by atoms with Gasteiger partial charge in [-0.3, -0.25) is 0 Å². The van der Waals surface area contributed by atoms with Crippen molar-refractivity contribution >= 4 is 28.4 Å². The predicted molar refractivity (Wildman–Crippen MR) is 119 cm³/mol. The molecule has 0 amide bonds. The molecule has 1 saturated heterocycles. The summed E-state index contributed by atoms with van der Waals surface area (Å²) in [5.74, 6) is -1.90. The van der Waals surface area contributed by atoms with Crippen LogP contribution in [0.2, 0.25) is 0 Å². The second-order valence-electron chi connectivity index (χ2n) is 8.55. The maximum Gasteiger partial charge on any atom is 0.267 e. The summed E-state index contributed by atoms with van der Waals surface area (Å²) in [6.07, 6.45) is 3.57. The molecule has 3 aromatic rings. The number of nitrogens with one attached hydrogen (secondary N) is 1. The van der Waals surface area contributed by atoms with E-state index in [4.69, 9.17) is 4.74 Å². The van der Waals surface area contributed by atoms with Crippen LogP contribution >= 0.6 is 0 Å². The summed E-state index contributed by atoms with van der Waals surface area (Å²) in [6.45, 7) is 0.798. The first kappa shape index (κ1) is 21.7. The molecule has 5 heterocycles. The number of likely N-dealkylation sites (N-methyl/N-ethyl adjacent to an activating group) is 1. The lowest BCUT2D eigenvalue weighted by molar-refractivity contribution is 0.0201. The molecule has 2 aliphatic rings. The van der Waals surface area contributed by atoms with E-state index >= 15 is 0 Å². The van der Waals surface area contributed by atoms with Crippen molar-refractivity contribution in [3.05, 3.63) is 35.8 Å². The maximum atomic E-state index is 14.1. The minimum atomic E-state index is -2.90. The van der Waals surface area contributed by atoms with Gasteiger partial charge in [0.05, 0.1) is 32.0 Å².